The molecule has 0 bridgehead atoms. The first-order valence-corrected chi connectivity index (χ1v) is 7.02. The molecule has 3 nitrogen and oxygen atoms in total. The summed E-state index contributed by atoms with van der Waals surface area (Å²) in [6.07, 6.45) is 6.09. The van der Waals surface area contributed by atoms with Crippen molar-refractivity contribution in [1.29, 1.82) is 0 Å². The number of fused-ring (bicyclic) bond motifs is 1. The molecule has 0 spiro atoms. The molecule has 0 aliphatic heterocycles. The van der Waals surface area contributed by atoms with Gasteiger partial charge in [-0.25, -0.2) is 4.52 Å². The Bertz CT molecular complexity index is 673. The van der Waals surface area contributed by atoms with Crippen molar-refractivity contribution >= 4 is 5.52 Å². The largest absolute Gasteiger partial charge is 0.313 e. The molecule has 1 atom stereocenters. The van der Waals surface area contributed by atoms with E-state index in [1.54, 1.807) is 0 Å². The van der Waals surface area contributed by atoms with Crippen LogP contribution in [0.5, 0.6) is 0 Å². The molecular weight excluding hydrogens is 246 g/mol. The van der Waals surface area contributed by atoms with Gasteiger partial charge >= 0.3 is 0 Å². The van der Waals surface area contributed by atoms with Crippen LogP contribution in [0.2, 0.25) is 0 Å². The molecule has 0 amide bonds. The Hall–Kier alpha value is -2.13. The lowest BCUT2D eigenvalue weighted by molar-refractivity contribution is 0.552. The Morgan fingerprint density at radius 2 is 1.90 bits per heavy atom. The minimum Gasteiger partial charge on any atom is -0.313 e. The lowest BCUT2D eigenvalue weighted by Crippen LogP contribution is -2.17. The Morgan fingerprint density at radius 1 is 1.10 bits per heavy atom. The van der Waals surface area contributed by atoms with Crippen molar-refractivity contribution in [1.82, 2.24) is 14.9 Å². The first kappa shape index (κ1) is 12.9. The standard InChI is InChI=1S/C17H19N3/c1-18-16(11-10-14-7-3-2-4-8-14)15-13-19-20-12-6-5-9-17(15)20/h2-9,12-13,16,18H,10-11H2,1H3. The predicted molar refractivity (Wildman–Crippen MR) is 81.8 cm³/mol. The molecule has 20 heavy (non-hydrogen) atoms. The van der Waals surface area contributed by atoms with Gasteiger partial charge in [-0.3, -0.25) is 0 Å². The minimum absolute atomic E-state index is 0.329. The number of nitrogens with one attached hydrogen (secondary N) is 1. The summed E-state index contributed by atoms with van der Waals surface area (Å²) in [6, 6.07) is 17.1. The average molecular weight is 265 g/mol. The summed E-state index contributed by atoms with van der Waals surface area (Å²) in [4.78, 5) is 0. The molecule has 0 saturated carbocycles. The van der Waals surface area contributed by atoms with Crippen molar-refractivity contribution in [2.24, 2.45) is 0 Å². The summed E-state index contributed by atoms with van der Waals surface area (Å²) < 4.78 is 1.93. The zero-order chi connectivity index (χ0) is 13.8. The number of rotatable bonds is 5. The minimum atomic E-state index is 0.329. The van der Waals surface area contributed by atoms with Crippen LogP contribution in [0.15, 0.2) is 60.9 Å². The van der Waals surface area contributed by atoms with E-state index in [2.05, 4.69) is 52.9 Å². The van der Waals surface area contributed by atoms with Gasteiger partial charge in [0.25, 0.3) is 0 Å². The van der Waals surface area contributed by atoms with Crippen molar-refractivity contribution in [3.63, 3.8) is 0 Å². The first-order chi connectivity index (χ1) is 9.88. The highest BCUT2D eigenvalue weighted by molar-refractivity contribution is 5.54. The van der Waals surface area contributed by atoms with Gasteiger partial charge in [0, 0.05) is 17.8 Å². The zero-order valence-corrected chi connectivity index (χ0v) is 11.7. The number of benzene rings is 1. The molecule has 3 heteroatoms. The van der Waals surface area contributed by atoms with E-state index in [1.807, 2.05) is 30.0 Å². The van der Waals surface area contributed by atoms with Crippen molar-refractivity contribution in [2.45, 2.75) is 18.9 Å². The molecule has 3 aromatic rings. The number of hydrogen-bond donors (Lipinski definition) is 1. The third-order valence-electron chi connectivity index (χ3n) is 3.74. The second-order valence-electron chi connectivity index (χ2n) is 5.00. The molecule has 3 rings (SSSR count). The van der Waals surface area contributed by atoms with Gasteiger partial charge < -0.3 is 5.32 Å². The molecule has 0 aliphatic rings. The molecule has 0 radical (unpaired) electrons. The summed E-state index contributed by atoms with van der Waals surface area (Å²) >= 11 is 0. The molecule has 0 fully saturated rings. The second-order valence-corrected chi connectivity index (χ2v) is 5.00. The Labute approximate surface area is 119 Å². The van der Waals surface area contributed by atoms with Gasteiger partial charge in [-0.2, -0.15) is 5.10 Å². The molecule has 1 aromatic carbocycles. The van der Waals surface area contributed by atoms with E-state index in [1.165, 1.54) is 16.6 Å². The van der Waals surface area contributed by atoms with Crippen molar-refractivity contribution < 1.29 is 0 Å². The van der Waals surface area contributed by atoms with Gasteiger partial charge in [0.1, 0.15) is 0 Å². The van der Waals surface area contributed by atoms with Crippen molar-refractivity contribution in [3.05, 3.63) is 72.1 Å². The summed E-state index contributed by atoms with van der Waals surface area (Å²) in [6.45, 7) is 0. The fourth-order valence-electron chi connectivity index (χ4n) is 2.63. The highest BCUT2D eigenvalue weighted by Crippen LogP contribution is 2.23. The van der Waals surface area contributed by atoms with Crippen LogP contribution in [-0.4, -0.2) is 16.7 Å². The van der Waals surface area contributed by atoms with Crippen LogP contribution in [-0.2, 0) is 6.42 Å². The molecule has 102 valence electrons. The van der Waals surface area contributed by atoms with Crippen LogP contribution in [0.3, 0.4) is 0 Å². The van der Waals surface area contributed by atoms with Crippen molar-refractivity contribution in [3.8, 4) is 0 Å². The number of aromatic nitrogens is 2. The second kappa shape index (κ2) is 5.88. The van der Waals surface area contributed by atoms with E-state index in [0.29, 0.717) is 6.04 Å². The molecule has 0 saturated heterocycles. The van der Waals surface area contributed by atoms with E-state index in [0.717, 1.165) is 12.8 Å². The quantitative estimate of drug-likeness (QED) is 0.767. The summed E-state index contributed by atoms with van der Waals surface area (Å²) in [5.41, 5.74) is 3.83. The van der Waals surface area contributed by atoms with Gasteiger partial charge in [0.05, 0.1) is 11.7 Å². The highest BCUT2D eigenvalue weighted by Gasteiger charge is 2.14. The summed E-state index contributed by atoms with van der Waals surface area (Å²) in [5, 5.41) is 7.83. The van der Waals surface area contributed by atoms with E-state index in [4.69, 9.17) is 0 Å². The normalized spacial score (nSPS) is 12.7. The van der Waals surface area contributed by atoms with Crippen LogP contribution in [0, 0.1) is 0 Å². The highest BCUT2D eigenvalue weighted by atomic mass is 15.2. The van der Waals surface area contributed by atoms with Crippen LogP contribution in [0.25, 0.3) is 5.52 Å². The smallest absolute Gasteiger partial charge is 0.0709 e. The van der Waals surface area contributed by atoms with Gasteiger partial charge in [0.15, 0.2) is 0 Å². The predicted octanol–water partition coefficient (Wildman–Crippen LogP) is 3.23. The van der Waals surface area contributed by atoms with Crippen LogP contribution in [0.4, 0.5) is 0 Å². The van der Waals surface area contributed by atoms with E-state index < -0.39 is 0 Å². The summed E-state index contributed by atoms with van der Waals surface area (Å²) in [5.74, 6) is 0. The van der Waals surface area contributed by atoms with Gasteiger partial charge in [-0.1, -0.05) is 36.4 Å². The molecule has 2 aromatic heterocycles. The van der Waals surface area contributed by atoms with Crippen LogP contribution in [0.1, 0.15) is 23.6 Å². The molecular formula is C17H19N3. The summed E-state index contributed by atoms with van der Waals surface area (Å²) in [7, 11) is 2.02. The SMILES string of the molecule is CNC(CCc1ccccc1)c1cnn2ccccc12. The molecule has 0 aliphatic carbocycles. The lowest BCUT2D eigenvalue weighted by atomic mass is 10.00. The molecule has 1 N–H and O–H groups in total. The topological polar surface area (TPSA) is 29.3 Å². The molecule has 2 heterocycles. The fraction of sp³-hybridized carbons (Fsp3) is 0.235. The molecule has 1 unspecified atom stereocenters. The van der Waals surface area contributed by atoms with E-state index in [-0.39, 0.29) is 0 Å². The number of aryl methyl sites for hydroxylation is 1. The average Bonchev–Trinajstić information content (AvgIpc) is 2.93. The van der Waals surface area contributed by atoms with Gasteiger partial charge in [0.2, 0.25) is 0 Å². The maximum absolute atomic E-state index is 4.42. The van der Waals surface area contributed by atoms with E-state index in [9.17, 15) is 0 Å². The van der Waals surface area contributed by atoms with Crippen LogP contribution >= 0.6 is 0 Å². The Kier molecular flexibility index (Phi) is 3.79. The van der Waals surface area contributed by atoms with Gasteiger partial charge in [-0.15, -0.1) is 0 Å². The third-order valence-corrected chi connectivity index (χ3v) is 3.74. The Morgan fingerprint density at radius 3 is 2.70 bits per heavy atom. The number of nitrogens with zero attached hydrogens (tertiary/aromatic N) is 2. The van der Waals surface area contributed by atoms with Crippen LogP contribution < -0.4 is 5.32 Å². The zero-order valence-electron chi connectivity index (χ0n) is 11.7. The number of hydrogen-bond acceptors (Lipinski definition) is 2. The maximum atomic E-state index is 4.42. The Balaban J connectivity index is 1.79. The third kappa shape index (κ3) is 2.58. The van der Waals surface area contributed by atoms with E-state index >= 15 is 0 Å². The maximum Gasteiger partial charge on any atom is 0.0709 e. The monoisotopic (exact) mass is 265 g/mol. The van der Waals surface area contributed by atoms with Gasteiger partial charge in [-0.05, 0) is 37.6 Å². The first-order valence-electron chi connectivity index (χ1n) is 7.02. The number of pyridine rings is 1. The fourth-order valence-corrected chi connectivity index (χ4v) is 2.63. The van der Waals surface area contributed by atoms with Crippen molar-refractivity contribution in [2.75, 3.05) is 7.05 Å². The lowest BCUT2D eigenvalue weighted by Gasteiger charge is -2.15.